The highest BCUT2D eigenvalue weighted by molar-refractivity contribution is 5.84. The third-order valence-electron chi connectivity index (χ3n) is 4.26. The molecule has 0 aliphatic rings. The lowest BCUT2D eigenvalue weighted by Gasteiger charge is -2.03. The first-order valence-corrected chi connectivity index (χ1v) is 9.81. The van der Waals surface area contributed by atoms with E-state index in [-0.39, 0.29) is 16.9 Å². The minimum atomic E-state index is -1.15. The third kappa shape index (κ3) is 6.06. The summed E-state index contributed by atoms with van der Waals surface area (Å²) in [4.78, 5) is 22.6. The van der Waals surface area contributed by atoms with Gasteiger partial charge in [0.25, 0.3) is 0 Å². The van der Waals surface area contributed by atoms with E-state index < -0.39 is 23.6 Å². The summed E-state index contributed by atoms with van der Waals surface area (Å²) < 4.78 is 39.2. The van der Waals surface area contributed by atoms with Crippen molar-refractivity contribution < 1.29 is 27.8 Å². The Hall–Kier alpha value is -4.94. The highest BCUT2D eigenvalue weighted by Gasteiger charge is 2.11. The van der Waals surface area contributed by atoms with Crippen LogP contribution in [0.5, 0.6) is 11.5 Å². The van der Waals surface area contributed by atoms with Crippen LogP contribution in [-0.2, 0) is 9.59 Å². The van der Waals surface area contributed by atoms with E-state index in [0.717, 1.165) is 12.2 Å². The van der Waals surface area contributed by atoms with E-state index in [1.165, 1.54) is 30.3 Å². The Kier molecular flexibility index (Phi) is 7.73. The van der Waals surface area contributed by atoms with Crippen molar-refractivity contribution in [2.75, 3.05) is 0 Å². The molecule has 0 spiro atoms. The fraction of sp³-hybridized carbons (Fsp3) is 0. The Bertz CT molecular complexity index is 1400. The molecule has 0 heterocycles. The average Bonchev–Trinajstić information content (AvgIpc) is 2.85. The second-order valence-electron chi connectivity index (χ2n) is 6.56. The molecule has 3 rings (SSSR count). The minimum Gasteiger partial charge on any atom is -0.423 e. The lowest BCUT2D eigenvalue weighted by molar-refractivity contribution is -0.129. The lowest BCUT2D eigenvalue weighted by Crippen LogP contribution is -2.04. The molecule has 0 saturated carbocycles. The van der Waals surface area contributed by atoms with E-state index in [9.17, 15) is 18.4 Å². The zero-order valence-electron chi connectivity index (χ0n) is 17.7. The Morgan fingerprint density at radius 3 is 1.82 bits per heavy atom. The summed E-state index contributed by atoms with van der Waals surface area (Å²) in [5.74, 6) is 7.46. The second-order valence-corrected chi connectivity index (χ2v) is 6.56. The standard InChI is InChI=1S/C28H16F2O4/c1-3-25(31)33-23-17-10-19(11-18-23)9-12-21-15-16-22(28(30)27(21)29)14-13-20-7-5-6-8-24(20)34-26(32)4-2/h3-8,10-11,15-18H,1-2H2. The van der Waals surface area contributed by atoms with E-state index in [4.69, 9.17) is 9.47 Å². The molecule has 0 bridgehead atoms. The maximum absolute atomic E-state index is 14.6. The maximum atomic E-state index is 14.6. The molecule has 4 nitrogen and oxygen atoms in total. The van der Waals surface area contributed by atoms with Crippen LogP contribution < -0.4 is 9.47 Å². The van der Waals surface area contributed by atoms with Crippen LogP contribution in [-0.4, -0.2) is 11.9 Å². The normalized spacial score (nSPS) is 9.47. The quantitative estimate of drug-likeness (QED) is 0.242. The van der Waals surface area contributed by atoms with Crippen molar-refractivity contribution in [3.05, 3.63) is 120 Å². The number of halogens is 2. The van der Waals surface area contributed by atoms with Gasteiger partial charge in [-0.3, -0.25) is 0 Å². The number of ether oxygens (including phenoxy) is 2. The van der Waals surface area contributed by atoms with Crippen LogP contribution in [0.2, 0.25) is 0 Å². The van der Waals surface area contributed by atoms with E-state index in [0.29, 0.717) is 16.9 Å². The van der Waals surface area contributed by atoms with Gasteiger partial charge in [-0.15, -0.1) is 0 Å². The van der Waals surface area contributed by atoms with Gasteiger partial charge in [0.1, 0.15) is 11.5 Å². The molecular formula is C28H16F2O4. The molecule has 0 atom stereocenters. The molecule has 3 aromatic rings. The SMILES string of the molecule is C=CC(=O)Oc1ccc(C#Cc2ccc(C#Cc3ccccc3OC(=O)C=C)c(F)c2F)cc1. The Labute approximate surface area is 195 Å². The van der Waals surface area contributed by atoms with Crippen LogP contribution in [0.3, 0.4) is 0 Å². The first kappa shape index (κ1) is 23.7. The van der Waals surface area contributed by atoms with Crippen LogP contribution in [0.25, 0.3) is 0 Å². The first-order chi connectivity index (χ1) is 16.4. The van der Waals surface area contributed by atoms with E-state index >= 15 is 0 Å². The first-order valence-electron chi connectivity index (χ1n) is 9.81. The van der Waals surface area contributed by atoms with Crippen molar-refractivity contribution in [2.24, 2.45) is 0 Å². The number of carbonyl (C=O) groups is 2. The number of benzene rings is 3. The molecule has 6 heteroatoms. The van der Waals surface area contributed by atoms with Crippen molar-refractivity contribution >= 4 is 11.9 Å². The smallest absolute Gasteiger partial charge is 0.335 e. The number of esters is 2. The monoisotopic (exact) mass is 454 g/mol. The van der Waals surface area contributed by atoms with Crippen LogP contribution in [0, 0.1) is 35.3 Å². The summed E-state index contributed by atoms with van der Waals surface area (Å²) >= 11 is 0. The van der Waals surface area contributed by atoms with Gasteiger partial charge in [-0.25, -0.2) is 18.4 Å². The van der Waals surface area contributed by atoms with E-state index in [1.807, 2.05) is 0 Å². The lowest BCUT2D eigenvalue weighted by atomic mass is 10.1. The molecule has 166 valence electrons. The predicted molar refractivity (Wildman–Crippen MR) is 123 cm³/mol. The molecule has 0 saturated heterocycles. The predicted octanol–water partition coefficient (Wildman–Crippen LogP) is 4.95. The van der Waals surface area contributed by atoms with Crippen LogP contribution in [0.4, 0.5) is 8.78 Å². The van der Waals surface area contributed by atoms with Gasteiger partial charge < -0.3 is 9.47 Å². The second kappa shape index (κ2) is 11.1. The highest BCUT2D eigenvalue weighted by atomic mass is 19.2. The maximum Gasteiger partial charge on any atom is 0.335 e. The van der Waals surface area contributed by atoms with Crippen LogP contribution in [0.15, 0.2) is 86.0 Å². The number of hydrogen-bond donors (Lipinski definition) is 0. The van der Waals surface area contributed by atoms with Gasteiger partial charge in [-0.2, -0.15) is 0 Å². The zero-order valence-corrected chi connectivity index (χ0v) is 17.7. The fourth-order valence-electron chi connectivity index (χ4n) is 2.59. The molecule has 0 N–H and O–H groups in total. The summed E-state index contributed by atoms with van der Waals surface area (Å²) in [6.07, 6.45) is 2.04. The van der Waals surface area contributed by atoms with Gasteiger partial charge in [0, 0.05) is 17.7 Å². The molecule has 3 aromatic carbocycles. The van der Waals surface area contributed by atoms with Crippen molar-refractivity contribution in [2.45, 2.75) is 0 Å². The molecule has 0 radical (unpaired) electrons. The van der Waals surface area contributed by atoms with Gasteiger partial charge in [0.15, 0.2) is 11.6 Å². The molecule has 0 aliphatic carbocycles. The Morgan fingerprint density at radius 1 is 0.676 bits per heavy atom. The minimum absolute atomic E-state index is 0.148. The summed E-state index contributed by atoms with van der Waals surface area (Å²) in [6.45, 7) is 6.64. The zero-order chi connectivity index (χ0) is 24.5. The summed E-state index contributed by atoms with van der Waals surface area (Å²) in [6, 6.07) is 15.2. The largest absolute Gasteiger partial charge is 0.423 e. The van der Waals surface area contributed by atoms with Crippen molar-refractivity contribution in [1.82, 2.24) is 0 Å². The van der Waals surface area contributed by atoms with Gasteiger partial charge in [0.05, 0.1) is 16.7 Å². The summed E-state index contributed by atoms with van der Waals surface area (Å²) in [5, 5.41) is 0. The van der Waals surface area contributed by atoms with Crippen LogP contribution >= 0.6 is 0 Å². The van der Waals surface area contributed by atoms with Crippen molar-refractivity contribution in [1.29, 1.82) is 0 Å². The van der Waals surface area contributed by atoms with Gasteiger partial charge in [-0.1, -0.05) is 49.0 Å². The van der Waals surface area contributed by atoms with E-state index in [1.54, 1.807) is 30.3 Å². The molecule has 0 aromatic heterocycles. The summed E-state index contributed by atoms with van der Waals surface area (Å²) in [5.41, 5.74) is 0.503. The fourth-order valence-corrected chi connectivity index (χ4v) is 2.59. The number of rotatable bonds is 4. The van der Waals surface area contributed by atoms with Crippen LogP contribution in [0.1, 0.15) is 22.3 Å². The van der Waals surface area contributed by atoms with Gasteiger partial charge in [-0.05, 0) is 48.5 Å². The van der Waals surface area contributed by atoms with Gasteiger partial charge in [0.2, 0.25) is 0 Å². The van der Waals surface area contributed by atoms with Crippen molar-refractivity contribution in [3.8, 4) is 35.2 Å². The topological polar surface area (TPSA) is 52.6 Å². The Morgan fingerprint density at radius 2 is 1.21 bits per heavy atom. The average molecular weight is 454 g/mol. The third-order valence-corrected chi connectivity index (χ3v) is 4.26. The van der Waals surface area contributed by atoms with Crippen molar-refractivity contribution in [3.63, 3.8) is 0 Å². The number of carbonyl (C=O) groups excluding carboxylic acids is 2. The van der Waals surface area contributed by atoms with Gasteiger partial charge >= 0.3 is 11.9 Å². The molecule has 0 aliphatic heterocycles. The van der Waals surface area contributed by atoms with E-state index in [2.05, 4.69) is 36.8 Å². The molecule has 0 fully saturated rings. The molecular weight excluding hydrogens is 438 g/mol. The molecule has 34 heavy (non-hydrogen) atoms. The Balaban J connectivity index is 1.82. The summed E-state index contributed by atoms with van der Waals surface area (Å²) in [7, 11) is 0. The molecule has 0 amide bonds. The molecule has 0 unspecified atom stereocenters. The number of hydrogen-bond acceptors (Lipinski definition) is 4. The highest BCUT2D eigenvalue weighted by Crippen LogP contribution is 2.19. The number of para-hydroxylation sites is 1.